The molecule has 0 bridgehead atoms. The third-order valence-electron chi connectivity index (χ3n) is 6.07. The fourth-order valence-corrected chi connectivity index (χ4v) is 17.1. The summed E-state index contributed by atoms with van der Waals surface area (Å²) in [6, 6.07) is 0. The second-order valence-electron chi connectivity index (χ2n) is 9.08. The van der Waals surface area contributed by atoms with Crippen LogP contribution in [-0.4, -0.2) is 22.0 Å². The van der Waals surface area contributed by atoms with Gasteiger partial charge in [-0.15, -0.1) is 0 Å². The van der Waals surface area contributed by atoms with Crippen molar-refractivity contribution in [2.24, 2.45) is 0 Å². The Balaban J connectivity index is -0.000000171. The molecule has 0 fully saturated rings. The zero-order chi connectivity index (χ0) is 26.6. The summed E-state index contributed by atoms with van der Waals surface area (Å²) >= 11 is 9.36. The van der Waals surface area contributed by atoms with Crippen molar-refractivity contribution >= 4 is 56.0 Å². The molecule has 0 aromatic carbocycles. The maximum atomic E-state index is 11.6. The first-order chi connectivity index (χ1) is 15.9. The van der Waals surface area contributed by atoms with Gasteiger partial charge in [-0.1, -0.05) is 106 Å². The van der Waals surface area contributed by atoms with Crippen LogP contribution in [-0.2, 0) is 103 Å². The van der Waals surface area contributed by atoms with Crippen LogP contribution in [0.3, 0.4) is 0 Å². The summed E-state index contributed by atoms with van der Waals surface area (Å²) in [5.74, 6) is 1.57. The van der Waals surface area contributed by atoms with Crippen LogP contribution >= 0.6 is 11.4 Å². The van der Waals surface area contributed by atoms with Crippen molar-refractivity contribution in [3.63, 3.8) is 0 Å². The van der Waals surface area contributed by atoms with Crippen molar-refractivity contribution < 1.29 is 78.0 Å². The van der Waals surface area contributed by atoms with Gasteiger partial charge in [0.15, 0.2) is 0 Å². The Morgan fingerprint density at radius 2 is 0.757 bits per heavy atom. The van der Waals surface area contributed by atoms with Crippen molar-refractivity contribution in [3.8, 4) is 0 Å². The van der Waals surface area contributed by atoms with Gasteiger partial charge in [-0.2, -0.15) is 0 Å². The Morgan fingerprint density at radius 3 is 0.973 bits per heavy atom. The van der Waals surface area contributed by atoms with E-state index in [1.807, 2.05) is 27.7 Å². The minimum absolute atomic E-state index is 0. The van der Waals surface area contributed by atoms with E-state index in [9.17, 15) is 19.6 Å². The molecule has 0 rings (SSSR count). The molecule has 0 spiro atoms. The second kappa shape index (κ2) is 31.4. The molecule has 0 saturated carbocycles. The van der Waals surface area contributed by atoms with Gasteiger partial charge in [0, 0.05) is 0 Å². The van der Waals surface area contributed by atoms with E-state index in [1.54, 1.807) is 0 Å². The van der Waals surface area contributed by atoms with Gasteiger partial charge in [-0.3, -0.25) is 0 Å². The van der Waals surface area contributed by atoms with Crippen molar-refractivity contribution in [1.82, 2.24) is 0 Å². The molecule has 0 N–H and O–H groups in total. The molecule has 212 valence electrons. The Morgan fingerprint density at radius 1 is 0.514 bits per heavy atom. The molecule has 4 atom stereocenters. The van der Waals surface area contributed by atoms with Crippen LogP contribution in [0.25, 0.3) is 0 Å². The summed E-state index contributed by atoms with van der Waals surface area (Å²) in [7, 11) is -1.16. The minimum Gasteiger partial charge on any atom is -0.854 e. The van der Waals surface area contributed by atoms with Gasteiger partial charge in [-0.25, -0.2) is 20.1 Å². The molecule has 0 amide bonds. The summed E-state index contributed by atoms with van der Waals surface area (Å²) in [6.45, 7) is 12.5. The van der Waals surface area contributed by atoms with E-state index in [1.165, 1.54) is 51.4 Å². The van der Waals surface area contributed by atoms with E-state index in [0.717, 1.165) is 50.0 Å². The largest absolute Gasteiger partial charge is 2.00 e. The predicted octanol–water partition coefficient (Wildman–Crippen LogP) is 5.41. The molecule has 37 heavy (non-hydrogen) atoms. The standard InChI is InChI=1S/2C12H26O2PS2.3Zn/c2*1-4-6-7-8-9-10-11-17(12(3)5-2)15(13,14)16;;;/h2*12H,4-11H2,1-3H3;;;/q2*-3;3*+2. The third-order valence-corrected chi connectivity index (χ3v) is 21.3. The molecule has 0 heterocycles. The molecular formula is C24H52O4P2S4Zn3. The summed E-state index contributed by atoms with van der Waals surface area (Å²) in [6.07, 6.45) is 16.2. The molecule has 4 nitrogen and oxygen atoms in total. The van der Waals surface area contributed by atoms with E-state index in [0.29, 0.717) is 0 Å². The van der Waals surface area contributed by atoms with Crippen LogP contribution in [0.15, 0.2) is 0 Å². The van der Waals surface area contributed by atoms with E-state index in [4.69, 9.17) is 0 Å². The zero-order valence-electron chi connectivity index (χ0n) is 24.8. The van der Waals surface area contributed by atoms with Crippen molar-refractivity contribution in [2.75, 3.05) is 11.5 Å². The maximum Gasteiger partial charge on any atom is 2.00 e. The van der Waals surface area contributed by atoms with Gasteiger partial charge in [0.2, 0.25) is 0 Å². The van der Waals surface area contributed by atoms with E-state index < -0.39 is 31.5 Å². The smallest absolute Gasteiger partial charge is 0.854 e. The number of rotatable bonds is 18. The second-order valence-corrected chi connectivity index (χ2v) is 24.9. The molecule has 0 aliphatic heterocycles. The first-order valence-corrected chi connectivity index (χ1v) is 22.7. The van der Waals surface area contributed by atoms with Crippen molar-refractivity contribution in [2.45, 2.75) is 142 Å². The average molecular weight is 791 g/mol. The van der Waals surface area contributed by atoms with Crippen LogP contribution < -0.4 is 19.6 Å². The molecule has 13 heteroatoms. The van der Waals surface area contributed by atoms with Crippen LogP contribution in [0.4, 0.5) is 0 Å². The maximum absolute atomic E-state index is 11.6. The van der Waals surface area contributed by atoms with Gasteiger partial charge in [0.05, 0.1) is 0 Å². The summed E-state index contributed by atoms with van der Waals surface area (Å²) in [5, 5.41) is 0.456. The molecule has 4 unspecified atom stereocenters. The van der Waals surface area contributed by atoms with E-state index >= 15 is 0 Å². The first-order valence-electron chi connectivity index (χ1n) is 13.3. The Kier molecular flexibility index (Phi) is 42.9. The van der Waals surface area contributed by atoms with Crippen LogP contribution in [0.2, 0.25) is 0 Å². The van der Waals surface area contributed by atoms with Crippen molar-refractivity contribution in [3.05, 3.63) is 0 Å². The minimum atomic E-state index is -3.55. The fraction of sp³-hybridized carbons (Fsp3) is 1.00. The monoisotopic (exact) mass is 786 g/mol. The Labute approximate surface area is 284 Å². The number of hydrogen-bond acceptors (Lipinski definition) is 6. The van der Waals surface area contributed by atoms with E-state index in [2.05, 4.69) is 38.3 Å². The van der Waals surface area contributed by atoms with Gasteiger partial charge in [0.1, 0.15) is 0 Å². The molecule has 0 saturated heterocycles. The SMILES string of the molecule is CCCCCCCCS(C(C)CC)=P([O-])([O-])[S-].CCCCCCCCS(C(C)CC)=P([O-])([O-])[S-].[Zn+2].[Zn+2].[Zn+2]. The van der Waals surface area contributed by atoms with Gasteiger partial charge in [0.25, 0.3) is 0 Å². The topological polar surface area (TPSA) is 92.2 Å². The molecule has 0 aliphatic carbocycles. The third kappa shape index (κ3) is 29.8. The summed E-state index contributed by atoms with van der Waals surface area (Å²) in [4.78, 5) is 46.2. The Bertz CT molecular complexity index is 552. The van der Waals surface area contributed by atoms with Crippen LogP contribution in [0.5, 0.6) is 0 Å². The molecule has 0 aromatic rings. The van der Waals surface area contributed by atoms with Crippen LogP contribution in [0.1, 0.15) is 131 Å². The average Bonchev–Trinajstić information content (AvgIpc) is 2.75. The molecular weight excluding hydrogens is 739 g/mol. The number of hydrogen-bond donors (Lipinski definition) is 0. The quantitative estimate of drug-likeness (QED) is 0.0799. The predicted molar refractivity (Wildman–Crippen MR) is 159 cm³/mol. The van der Waals surface area contributed by atoms with Gasteiger partial charge < -0.3 is 55.5 Å². The first kappa shape index (κ1) is 50.6. The zero-order valence-corrected chi connectivity index (χ0v) is 38.7. The molecule has 0 radical (unpaired) electrons. The van der Waals surface area contributed by atoms with Crippen molar-refractivity contribution in [1.29, 1.82) is 0 Å². The van der Waals surface area contributed by atoms with E-state index in [-0.39, 0.29) is 68.9 Å². The van der Waals surface area contributed by atoms with Gasteiger partial charge >= 0.3 is 58.4 Å². The number of unbranched alkanes of at least 4 members (excludes halogenated alkanes) is 10. The van der Waals surface area contributed by atoms with Crippen LogP contribution in [0, 0.1) is 0 Å². The fourth-order valence-electron chi connectivity index (χ4n) is 3.51. The molecule has 0 aliphatic rings. The summed E-state index contributed by atoms with van der Waals surface area (Å²) in [5.41, 5.74) is -7.10. The molecule has 0 aromatic heterocycles. The summed E-state index contributed by atoms with van der Waals surface area (Å²) < 4.78 is 0. The normalized spacial score (nSPS) is 14.6. The Hall–Kier alpha value is 3.97. The van der Waals surface area contributed by atoms with Gasteiger partial charge in [-0.05, 0) is 47.7 Å².